The predicted octanol–water partition coefficient (Wildman–Crippen LogP) is 2.35. The molecule has 0 aliphatic carbocycles. The average Bonchev–Trinajstić information content (AvgIpc) is 2.16. The Bertz CT molecular complexity index is 330. The van der Waals surface area contributed by atoms with Crippen molar-refractivity contribution in [2.75, 3.05) is 0 Å². The van der Waals surface area contributed by atoms with Crippen LogP contribution in [0.1, 0.15) is 17.0 Å². The van der Waals surface area contributed by atoms with Gasteiger partial charge in [-0.25, -0.2) is 4.98 Å². The lowest BCUT2D eigenvalue weighted by molar-refractivity contribution is 1.26. The lowest BCUT2D eigenvalue weighted by atomic mass is 10.2. The summed E-state index contributed by atoms with van der Waals surface area (Å²) in [6, 6.07) is 3.61. The van der Waals surface area contributed by atoms with Crippen molar-refractivity contribution < 1.29 is 0 Å². The van der Waals surface area contributed by atoms with Crippen LogP contribution in [0.25, 0.3) is 12.2 Å². The van der Waals surface area contributed by atoms with Gasteiger partial charge in [0, 0.05) is 5.56 Å². The fraction of sp³-hybridized carbons (Fsp3) is 0. The second-order valence-corrected chi connectivity index (χ2v) is 2.26. The molecule has 0 aromatic carbocycles. The number of nitrogens with zero attached hydrogens (tertiary/aromatic N) is 1. The molecule has 1 rings (SSSR count). The van der Waals surface area contributed by atoms with Crippen LogP contribution < -0.4 is 0 Å². The van der Waals surface area contributed by atoms with Crippen molar-refractivity contribution in [2.24, 2.45) is 0 Å². The lowest BCUT2D eigenvalue weighted by Crippen LogP contribution is -1.87. The molecule has 0 aliphatic rings. The molecule has 0 unspecified atom stereocenters. The van der Waals surface area contributed by atoms with Gasteiger partial charge in [-0.1, -0.05) is 19.1 Å². The van der Waals surface area contributed by atoms with Gasteiger partial charge < -0.3 is 0 Å². The van der Waals surface area contributed by atoms with Crippen LogP contribution in [0.2, 0.25) is 0 Å². The van der Waals surface area contributed by atoms with E-state index in [4.69, 9.17) is 6.42 Å². The average molecular weight is 155 g/mol. The fourth-order valence-electron chi connectivity index (χ4n) is 0.866. The monoisotopic (exact) mass is 155 g/mol. The zero-order valence-corrected chi connectivity index (χ0v) is 6.75. The summed E-state index contributed by atoms with van der Waals surface area (Å²) in [5, 5.41) is 0. The number of terminal acetylenes is 1. The Morgan fingerprint density at radius 1 is 1.25 bits per heavy atom. The van der Waals surface area contributed by atoms with Gasteiger partial charge in [-0.05, 0) is 24.3 Å². The molecule has 0 saturated carbocycles. The van der Waals surface area contributed by atoms with Crippen molar-refractivity contribution in [3.63, 3.8) is 0 Å². The quantitative estimate of drug-likeness (QED) is 0.597. The van der Waals surface area contributed by atoms with Crippen LogP contribution in [0.3, 0.4) is 0 Å². The molecule has 1 aromatic rings. The Labute approximate surface area is 72.5 Å². The van der Waals surface area contributed by atoms with E-state index in [2.05, 4.69) is 24.1 Å². The normalized spacial score (nSPS) is 8.58. The molecular formula is C11H9N. The minimum absolute atomic E-state index is 0.778. The summed E-state index contributed by atoms with van der Waals surface area (Å²) in [6.45, 7) is 7.23. The first kappa shape index (κ1) is 8.29. The third-order valence-corrected chi connectivity index (χ3v) is 1.45. The first-order valence-corrected chi connectivity index (χ1v) is 3.53. The summed E-state index contributed by atoms with van der Waals surface area (Å²) in [6.07, 6.45) is 8.57. The van der Waals surface area contributed by atoms with E-state index < -0.39 is 0 Å². The maximum Gasteiger partial charge on any atom is 0.0643 e. The summed E-state index contributed by atoms with van der Waals surface area (Å²) >= 11 is 0. The Morgan fingerprint density at radius 3 is 2.08 bits per heavy atom. The highest BCUT2D eigenvalue weighted by Crippen LogP contribution is 2.06. The molecular weight excluding hydrogens is 146 g/mol. The van der Waals surface area contributed by atoms with Crippen molar-refractivity contribution in [3.8, 4) is 12.3 Å². The van der Waals surface area contributed by atoms with E-state index in [1.807, 2.05) is 0 Å². The Morgan fingerprint density at radius 2 is 1.75 bits per heavy atom. The van der Waals surface area contributed by atoms with E-state index >= 15 is 0 Å². The zero-order valence-electron chi connectivity index (χ0n) is 6.75. The van der Waals surface area contributed by atoms with E-state index in [-0.39, 0.29) is 0 Å². The molecule has 0 N–H and O–H groups in total. The van der Waals surface area contributed by atoms with Crippen LogP contribution in [0, 0.1) is 12.3 Å². The van der Waals surface area contributed by atoms with Crippen molar-refractivity contribution in [1.29, 1.82) is 0 Å². The first-order chi connectivity index (χ1) is 5.80. The van der Waals surface area contributed by atoms with Crippen LogP contribution in [0.15, 0.2) is 25.3 Å². The molecule has 0 radical (unpaired) electrons. The lowest BCUT2D eigenvalue weighted by Gasteiger charge is -1.97. The van der Waals surface area contributed by atoms with E-state index in [1.165, 1.54) is 0 Å². The first-order valence-electron chi connectivity index (χ1n) is 3.53. The number of pyridine rings is 1. The highest BCUT2D eigenvalue weighted by atomic mass is 14.7. The summed E-state index contributed by atoms with van der Waals surface area (Å²) < 4.78 is 0. The van der Waals surface area contributed by atoms with Gasteiger partial charge in [0.1, 0.15) is 0 Å². The maximum absolute atomic E-state index is 5.25. The molecule has 0 fully saturated rings. The molecule has 0 spiro atoms. The minimum Gasteiger partial charge on any atom is -0.249 e. The second kappa shape index (κ2) is 3.54. The standard InChI is InChI=1S/C11H9N/c1-4-9-7-10(5-2)12-11(6-3)8-9/h1,5-8H,2-3H2. The largest absolute Gasteiger partial charge is 0.249 e. The molecule has 0 atom stereocenters. The highest BCUT2D eigenvalue weighted by molar-refractivity contribution is 5.53. The van der Waals surface area contributed by atoms with E-state index in [9.17, 15) is 0 Å². The zero-order chi connectivity index (χ0) is 8.97. The summed E-state index contributed by atoms with van der Waals surface area (Å²) in [7, 11) is 0. The molecule has 0 aliphatic heterocycles. The van der Waals surface area contributed by atoms with Gasteiger partial charge in [0.2, 0.25) is 0 Å². The number of aromatic nitrogens is 1. The van der Waals surface area contributed by atoms with Crippen molar-refractivity contribution in [1.82, 2.24) is 4.98 Å². The molecule has 1 heterocycles. The van der Waals surface area contributed by atoms with Crippen LogP contribution in [-0.4, -0.2) is 4.98 Å². The molecule has 58 valence electrons. The number of rotatable bonds is 2. The Balaban J connectivity index is 3.30. The number of hydrogen-bond donors (Lipinski definition) is 0. The topological polar surface area (TPSA) is 12.9 Å². The molecule has 0 bridgehead atoms. The SMILES string of the molecule is C#Cc1cc(C=C)nc(C=C)c1. The van der Waals surface area contributed by atoms with Crippen LogP contribution in [0.5, 0.6) is 0 Å². The Hall–Kier alpha value is -1.81. The molecule has 1 heteroatoms. The van der Waals surface area contributed by atoms with Gasteiger partial charge in [0.05, 0.1) is 11.4 Å². The number of hydrogen-bond acceptors (Lipinski definition) is 1. The maximum atomic E-state index is 5.25. The summed E-state index contributed by atoms with van der Waals surface area (Å²) in [5.41, 5.74) is 2.36. The molecule has 1 nitrogen and oxygen atoms in total. The third kappa shape index (κ3) is 1.62. The Kier molecular flexibility index (Phi) is 2.45. The predicted molar refractivity (Wildman–Crippen MR) is 52.4 cm³/mol. The van der Waals surface area contributed by atoms with Crippen LogP contribution in [-0.2, 0) is 0 Å². The van der Waals surface area contributed by atoms with Crippen molar-refractivity contribution in [2.45, 2.75) is 0 Å². The second-order valence-electron chi connectivity index (χ2n) is 2.26. The summed E-state index contributed by atoms with van der Waals surface area (Å²) in [4.78, 5) is 4.19. The fourth-order valence-corrected chi connectivity index (χ4v) is 0.866. The smallest absolute Gasteiger partial charge is 0.0643 e. The third-order valence-electron chi connectivity index (χ3n) is 1.45. The molecule has 12 heavy (non-hydrogen) atoms. The van der Waals surface area contributed by atoms with Gasteiger partial charge in [0.25, 0.3) is 0 Å². The van der Waals surface area contributed by atoms with Gasteiger partial charge in [0.15, 0.2) is 0 Å². The summed E-state index contributed by atoms with van der Waals surface area (Å²) in [5.74, 6) is 2.54. The highest BCUT2D eigenvalue weighted by Gasteiger charge is 1.94. The molecule has 0 saturated heterocycles. The molecule has 0 amide bonds. The van der Waals surface area contributed by atoms with Gasteiger partial charge >= 0.3 is 0 Å². The van der Waals surface area contributed by atoms with E-state index in [1.54, 1.807) is 24.3 Å². The molecule has 1 aromatic heterocycles. The van der Waals surface area contributed by atoms with Gasteiger partial charge in [-0.2, -0.15) is 0 Å². The van der Waals surface area contributed by atoms with E-state index in [0.29, 0.717) is 0 Å². The van der Waals surface area contributed by atoms with Gasteiger partial charge in [-0.15, -0.1) is 6.42 Å². The van der Waals surface area contributed by atoms with Crippen LogP contribution in [0.4, 0.5) is 0 Å². The van der Waals surface area contributed by atoms with E-state index in [0.717, 1.165) is 17.0 Å². The van der Waals surface area contributed by atoms with Gasteiger partial charge in [-0.3, -0.25) is 0 Å². The van der Waals surface area contributed by atoms with Crippen molar-refractivity contribution in [3.05, 3.63) is 42.2 Å². The van der Waals surface area contributed by atoms with Crippen molar-refractivity contribution >= 4 is 12.2 Å². The minimum atomic E-state index is 0.778. The van der Waals surface area contributed by atoms with Crippen LogP contribution >= 0.6 is 0 Å².